The van der Waals surface area contributed by atoms with E-state index in [9.17, 15) is 22.8 Å². The molecule has 1 N–H and O–H groups in total. The summed E-state index contributed by atoms with van der Waals surface area (Å²) in [6.07, 6.45) is 0. The van der Waals surface area contributed by atoms with Crippen molar-refractivity contribution in [1.82, 2.24) is 9.21 Å². The van der Waals surface area contributed by atoms with Crippen molar-refractivity contribution in [2.75, 3.05) is 45.3 Å². The van der Waals surface area contributed by atoms with Crippen molar-refractivity contribution in [3.63, 3.8) is 0 Å². The molecule has 2 aliphatic heterocycles. The summed E-state index contributed by atoms with van der Waals surface area (Å²) in [7, 11) is -2.53. The molecule has 0 saturated carbocycles. The minimum atomic E-state index is -3.88. The second kappa shape index (κ2) is 8.69. The van der Waals surface area contributed by atoms with E-state index in [0.29, 0.717) is 0 Å². The zero-order valence-electron chi connectivity index (χ0n) is 17.2. The highest BCUT2D eigenvalue weighted by Crippen LogP contribution is 2.30. The number of nitrogens with zero attached hydrogens (tertiary/aromatic N) is 2. The highest BCUT2D eigenvalue weighted by molar-refractivity contribution is 7.89. The zero-order chi connectivity index (χ0) is 22.9. The maximum absolute atomic E-state index is 13.1. The van der Waals surface area contributed by atoms with Crippen LogP contribution in [0.2, 0.25) is 0 Å². The maximum atomic E-state index is 13.1. The SMILES string of the molecule is COc1ccc(NC(=O)CN2C(=O)c3ccccc3C2=O)cc1S(=O)(=O)N1CCOCC1. The number of carbonyl (C=O) groups is 3. The Morgan fingerprint density at radius 3 is 2.28 bits per heavy atom. The summed E-state index contributed by atoms with van der Waals surface area (Å²) < 4.78 is 37.9. The Morgan fingerprint density at radius 1 is 1.06 bits per heavy atom. The van der Waals surface area contributed by atoms with Crippen molar-refractivity contribution in [2.24, 2.45) is 0 Å². The number of morpholine rings is 1. The first kappa shape index (κ1) is 21.9. The van der Waals surface area contributed by atoms with Gasteiger partial charge in [-0.1, -0.05) is 12.1 Å². The first-order valence-electron chi connectivity index (χ1n) is 9.84. The third kappa shape index (κ3) is 3.97. The van der Waals surface area contributed by atoms with Gasteiger partial charge in [0.05, 0.1) is 31.5 Å². The fourth-order valence-electron chi connectivity index (χ4n) is 3.61. The fraction of sp³-hybridized carbons (Fsp3) is 0.286. The number of hydrogen-bond acceptors (Lipinski definition) is 7. The van der Waals surface area contributed by atoms with Crippen LogP contribution in [0, 0.1) is 0 Å². The van der Waals surface area contributed by atoms with E-state index >= 15 is 0 Å². The second-order valence-electron chi connectivity index (χ2n) is 7.17. The van der Waals surface area contributed by atoms with Gasteiger partial charge in [0.1, 0.15) is 17.2 Å². The molecule has 2 aliphatic rings. The van der Waals surface area contributed by atoms with Crippen molar-refractivity contribution < 1.29 is 32.3 Å². The Morgan fingerprint density at radius 2 is 1.69 bits per heavy atom. The van der Waals surface area contributed by atoms with Crippen LogP contribution in [0.15, 0.2) is 47.4 Å². The van der Waals surface area contributed by atoms with Crippen molar-refractivity contribution in [3.8, 4) is 5.75 Å². The van der Waals surface area contributed by atoms with Gasteiger partial charge < -0.3 is 14.8 Å². The molecular formula is C21H21N3O7S. The summed E-state index contributed by atoms with van der Waals surface area (Å²) in [4.78, 5) is 38.2. The largest absolute Gasteiger partial charge is 0.495 e. The smallest absolute Gasteiger partial charge is 0.262 e. The number of rotatable bonds is 6. The number of fused-ring (bicyclic) bond motifs is 1. The van der Waals surface area contributed by atoms with Crippen LogP contribution in [0.1, 0.15) is 20.7 Å². The van der Waals surface area contributed by atoms with Crippen LogP contribution in [0.3, 0.4) is 0 Å². The van der Waals surface area contributed by atoms with Crippen LogP contribution >= 0.6 is 0 Å². The zero-order valence-corrected chi connectivity index (χ0v) is 18.1. The van der Waals surface area contributed by atoms with E-state index in [4.69, 9.17) is 9.47 Å². The number of methoxy groups -OCH3 is 1. The van der Waals surface area contributed by atoms with E-state index in [1.165, 1.54) is 41.7 Å². The van der Waals surface area contributed by atoms with E-state index in [0.717, 1.165) is 4.90 Å². The van der Waals surface area contributed by atoms with Gasteiger partial charge in [0.15, 0.2) is 0 Å². The van der Waals surface area contributed by atoms with Gasteiger partial charge in [0.25, 0.3) is 11.8 Å². The number of hydrogen-bond donors (Lipinski definition) is 1. The second-order valence-corrected chi connectivity index (χ2v) is 9.08. The minimum absolute atomic E-state index is 0.0968. The predicted molar refractivity (Wildman–Crippen MR) is 113 cm³/mol. The van der Waals surface area contributed by atoms with Crippen LogP contribution in [-0.2, 0) is 19.6 Å². The molecule has 0 aromatic heterocycles. The number of carbonyl (C=O) groups excluding carboxylic acids is 3. The predicted octanol–water partition coefficient (Wildman–Crippen LogP) is 0.951. The van der Waals surface area contributed by atoms with Gasteiger partial charge in [-0.05, 0) is 30.3 Å². The number of amides is 3. The Bertz CT molecular complexity index is 1150. The molecule has 4 rings (SSSR count). The van der Waals surface area contributed by atoms with Gasteiger partial charge in [0, 0.05) is 18.8 Å². The minimum Gasteiger partial charge on any atom is -0.495 e. The van der Waals surface area contributed by atoms with E-state index in [1.807, 2.05) is 0 Å². The Kier molecular flexibility index (Phi) is 5.96. The summed E-state index contributed by atoms with van der Waals surface area (Å²) >= 11 is 0. The summed E-state index contributed by atoms with van der Waals surface area (Å²) in [6.45, 7) is 0.504. The first-order valence-corrected chi connectivity index (χ1v) is 11.3. The lowest BCUT2D eigenvalue weighted by atomic mass is 10.1. The normalized spacial score (nSPS) is 16.7. The van der Waals surface area contributed by atoms with Crippen LogP contribution in [-0.4, -0.2) is 75.3 Å². The first-order chi connectivity index (χ1) is 15.3. The molecule has 10 nitrogen and oxygen atoms in total. The molecule has 2 aromatic carbocycles. The summed E-state index contributed by atoms with van der Waals surface area (Å²) in [5, 5.41) is 2.56. The Hall–Kier alpha value is -3.28. The molecule has 0 atom stereocenters. The Labute approximate surface area is 184 Å². The molecule has 0 radical (unpaired) electrons. The van der Waals surface area contributed by atoms with Crippen molar-refractivity contribution >= 4 is 33.4 Å². The third-order valence-corrected chi connectivity index (χ3v) is 7.13. The van der Waals surface area contributed by atoms with Gasteiger partial charge in [-0.25, -0.2) is 8.42 Å². The van der Waals surface area contributed by atoms with E-state index in [2.05, 4.69) is 5.32 Å². The van der Waals surface area contributed by atoms with E-state index < -0.39 is 34.3 Å². The molecule has 1 fully saturated rings. The van der Waals surface area contributed by atoms with Crippen molar-refractivity contribution in [2.45, 2.75) is 4.90 Å². The molecule has 2 heterocycles. The highest BCUT2D eigenvalue weighted by atomic mass is 32.2. The van der Waals surface area contributed by atoms with Gasteiger partial charge in [0.2, 0.25) is 15.9 Å². The quantitative estimate of drug-likeness (QED) is 0.638. The molecule has 1 saturated heterocycles. The lowest BCUT2D eigenvalue weighted by Crippen LogP contribution is -2.40. The molecule has 0 unspecified atom stereocenters. The third-order valence-electron chi connectivity index (χ3n) is 5.22. The average molecular weight is 459 g/mol. The van der Waals surface area contributed by atoms with E-state index in [-0.39, 0.29) is 53.8 Å². The number of nitrogens with one attached hydrogen (secondary N) is 1. The fourth-order valence-corrected chi connectivity index (χ4v) is 5.20. The highest BCUT2D eigenvalue weighted by Gasteiger charge is 2.36. The molecule has 11 heteroatoms. The number of imide groups is 1. The van der Waals surface area contributed by atoms with Crippen LogP contribution in [0.5, 0.6) is 5.75 Å². The van der Waals surface area contributed by atoms with E-state index in [1.54, 1.807) is 12.1 Å². The summed E-state index contributed by atoms with van der Waals surface area (Å²) in [5.41, 5.74) is 0.682. The lowest BCUT2D eigenvalue weighted by Gasteiger charge is -2.26. The average Bonchev–Trinajstić information content (AvgIpc) is 3.04. The molecule has 0 aliphatic carbocycles. The lowest BCUT2D eigenvalue weighted by molar-refractivity contribution is -0.116. The molecule has 0 bridgehead atoms. The van der Waals surface area contributed by atoms with Gasteiger partial charge in [-0.15, -0.1) is 0 Å². The molecule has 32 heavy (non-hydrogen) atoms. The number of anilines is 1. The summed E-state index contributed by atoms with van der Waals surface area (Å²) in [5.74, 6) is -1.61. The Balaban J connectivity index is 1.53. The molecule has 2 aromatic rings. The van der Waals surface area contributed by atoms with Gasteiger partial charge >= 0.3 is 0 Å². The molecule has 168 valence electrons. The van der Waals surface area contributed by atoms with Crippen molar-refractivity contribution in [3.05, 3.63) is 53.6 Å². The van der Waals surface area contributed by atoms with Crippen LogP contribution in [0.25, 0.3) is 0 Å². The summed E-state index contributed by atoms with van der Waals surface area (Å²) in [6, 6.07) is 10.6. The van der Waals surface area contributed by atoms with Gasteiger partial charge in [-0.2, -0.15) is 4.31 Å². The standard InChI is InChI=1S/C21H21N3O7S/c1-30-17-7-6-14(12-18(17)32(28,29)23-8-10-31-11-9-23)22-19(25)13-24-20(26)15-4-2-3-5-16(15)21(24)27/h2-7,12H,8-11,13H2,1H3,(H,22,25). The van der Waals surface area contributed by atoms with Crippen LogP contribution in [0.4, 0.5) is 5.69 Å². The van der Waals surface area contributed by atoms with Gasteiger partial charge in [-0.3, -0.25) is 19.3 Å². The molecule has 3 amide bonds. The number of sulfonamides is 1. The topological polar surface area (TPSA) is 122 Å². The van der Waals surface area contributed by atoms with Crippen molar-refractivity contribution in [1.29, 1.82) is 0 Å². The molecule has 0 spiro atoms. The monoisotopic (exact) mass is 459 g/mol. The van der Waals surface area contributed by atoms with Crippen LogP contribution < -0.4 is 10.1 Å². The molecular weight excluding hydrogens is 438 g/mol. The number of ether oxygens (including phenoxy) is 2. The maximum Gasteiger partial charge on any atom is 0.262 e. The number of benzene rings is 2.